The van der Waals surface area contributed by atoms with Crippen molar-refractivity contribution in [1.29, 1.82) is 0 Å². The van der Waals surface area contributed by atoms with Crippen LogP contribution in [0.2, 0.25) is 5.02 Å². The van der Waals surface area contributed by atoms with Gasteiger partial charge in [-0.15, -0.1) is 0 Å². The Kier molecular flexibility index (Phi) is 6.31. The molecule has 3 rings (SSSR count). The number of benzene rings is 2. The molecule has 1 aromatic heterocycles. The first-order chi connectivity index (χ1) is 14.1. The van der Waals surface area contributed by atoms with Gasteiger partial charge in [0.25, 0.3) is 0 Å². The van der Waals surface area contributed by atoms with E-state index in [2.05, 4.69) is 10.5 Å². The highest BCUT2D eigenvalue weighted by molar-refractivity contribution is 6.30. The molecule has 0 fully saturated rings. The van der Waals surface area contributed by atoms with Crippen molar-refractivity contribution in [2.75, 3.05) is 0 Å². The number of amides is 1. The second-order valence-corrected chi connectivity index (χ2v) is 7.24. The first-order valence-corrected chi connectivity index (χ1v) is 9.46. The molecular weight excluding hydrogens is 415 g/mol. The van der Waals surface area contributed by atoms with Crippen LogP contribution in [0.4, 0.5) is 13.2 Å². The van der Waals surface area contributed by atoms with Crippen LogP contribution in [0.15, 0.2) is 59.7 Å². The van der Waals surface area contributed by atoms with Gasteiger partial charge in [0.2, 0.25) is 5.91 Å². The lowest BCUT2D eigenvalue weighted by Crippen LogP contribution is -2.20. The van der Waals surface area contributed by atoms with Gasteiger partial charge in [0, 0.05) is 27.7 Å². The number of hydrogen-bond donors (Lipinski definition) is 1. The molecule has 8 heteroatoms. The van der Waals surface area contributed by atoms with Gasteiger partial charge in [0.1, 0.15) is 0 Å². The SMILES string of the molecule is Cc1cc(/C=N/NC(=O)Cc2cccc(C(F)(F)F)c2)c(C)n1-c1ccc(Cl)cc1. The van der Waals surface area contributed by atoms with E-state index in [9.17, 15) is 18.0 Å². The summed E-state index contributed by atoms with van der Waals surface area (Å²) in [5, 5.41) is 4.60. The van der Waals surface area contributed by atoms with Crippen LogP contribution in [0.25, 0.3) is 5.69 Å². The van der Waals surface area contributed by atoms with E-state index in [0.717, 1.165) is 34.8 Å². The van der Waals surface area contributed by atoms with E-state index >= 15 is 0 Å². The molecule has 0 atom stereocenters. The molecule has 0 aliphatic heterocycles. The first-order valence-electron chi connectivity index (χ1n) is 9.08. The third kappa shape index (κ3) is 5.10. The minimum Gasteiger partial charge on any atom is -0.318 e. The Morgan fingerprint density at radius 3 is 2.50 bits per heavy atom. The molecule has 0 aliphatic carbocycles. The Morgan fingerprint density at radius 1 is 1.13 bits per heavy atom. The van der Waals surface area contributed by atoms with E-state index in [1.165, 1.54) is 18.3 Å². The molecule has 0 bridgehead atoms. The molecule has 0 unspecified atom stereocenters. The maximum absolute atomic E-state index is 12.8. The molecule has 2 aromatic carbocycles. The quantitative estimate of drug-likeness (QED) is 0.421. The molecule has 0 radical (unpaired) electrons. The number of rotatable bonds is 5. The van der Waals surface area contributed by atoms with Crippen LogP contribution >= 0.6 is 11.6 Å². The van der Waals surface area contributed by atoms with Crippen molar-refractivity contribution >= 4 is 23.7 Å². The van der Waals surface area contributed by atoms with Crippen LogP contribution in [0.5, 0.6) is 0 Å². The predicted octanol–water partition coefficient (Wildman–Crippen LogP) is 5.46. The summed E-state index contributed by atoms with van der Waals surface area (Å²) in [5.41, 5.74) is 5.49. The molecule has 1 N–H and O–H groups in total. The molecule has 30 heavy (non-hydrogen) atoms. The summed E-state index contributed by atoms with van der Waals surface area (Å²) in [6.07, 6.45) is -3.14. The number of carbonyl (C=O) groups is 1. The van der Waals surface area contributed by atoms with Crippen LogP contribution in [0.3, 0.4) is 0 Å². The number of carbonyl (C=O) groups excluding carboxylic acids is 1. The van der Waals surface area contributed by atoms with Crippen molar-refractivity contribution in [2.24, 2.45) is 5.10 Å². The second-order valence-electron chi connectivity index (χ2n) is 6.81. The van der Waals surface area contributed by atoms with E-state index in [1.807, 2.05) is 36.6 Å². The fourth-order valence-electron chi connectivity index (χ4n) is 3.16. The van der Waals surface area contributed by atoms with Crippen molar-refractivity contribution < 1.29 is 18.0 Å². The standard InChI is InChI=1S/C22H19ClF3N3O/c1-14-10-17(15(2)29(14)20-8-6-19(23)7-9-20)13-27-28-21(30)12-16-4-3-5-18(11-16)22(24,25)26/h3-11,13H,12H2,1-2H3,(H,28,30)/b27-13+. The van der Waals surface area contributed by atoms with Crippen molar-refractivity contribution in [3.8, 4) is 5.69 Å². The number of nitrogens with one attached hydrogen (secondary N) is 1. The van der Waals surface area contributed by atoms with Gasteiger partial charge in [-0.1, -0.05) is 29.8 Å². The minimum absolute atomic E-state index is 0.203. The van der Waals surface area contributed by atoms with Crippen LogP contribution in [-0.2, 0) is 17.4 Å². The number of hydrogen-bond acceptors (Lipinski definition) is 2. The fourth-order valence-corrected chi connectivity index (χ4v) is 3.29. The molecule has 0 saturated carbocycles. The predicted molar refractivity (Wildman–Crippen MR) is 111 cm³/mol. The monoisotopic (exact) mass is 433 g/mol. The summed E-state index contributed by atoms with van der Waals surface area (Å²) in [6, 6.07) is 14.0. The highest BCUT2D eigenvalue weighted by atomic mass is 35.5. The highest BCUT2D eigenvalue weighted by Crippen LogP contribution is 2.29. The molecule has 156 valence electrons. The molecule has 0 saturated heterocycles. The van der Waals surface area contributed by atoms with Crippen molar-refractivity contribution in [3.63, 3.8) is 0 Å². The summed E-state index contributed by atoms with van der Waals surface area (Å²) < 4.78 is 40.4. The topological polar surface area (TPSA) is 46.4 Å². The van der Waals surface area contributed by atoms with E-state index in [1.54, 1.807) is 12.1 Å². The van der Waals surface area contributed by atoms with Gasteiger partial charge in [0.05, 0.1) is 18.2 Å². The lowest BCUT2D eigenvalue weighted by atomic mass is 10.1. The number of halogens is 4. The molecule has 0 aliphatic rings. The zero-order valence-corrected chi connectivity index (χ0v) is 17.1. The summed E-state index contributed by atoms with van der Waals surface area (Å²) >= 11 is 5.94. The molecule has 3 aromatic rings. The number of alkyl halides is 3. The maximum atomic E-state index is 12.8. The first kappa shape index (κ1) is 21.6. The van der Waals surface area contributed by atoms with Crippen molar-refractivity contribution in [1.82, 2.24) is 9.99 Å². The zero-order chi connectivity index (χ0) is 21.9. The van der Waals surface area contributed by atoms with Gasteiger partial charge in [-0.2, -0.15) is 18.3 Å². The number of hydrazone groups is 1. The van der Waals surface area contributed by atoms with E-state index in [-0.39, 0.29) is 12.0 Å². The zero-order valence-electron chi connectivity index (χ0n) is 16.3. The number of aromatic nitrogens is 1. The summed E-state index contributed by atoms with van der Waals surface area (Å²) in [6.45, 7) is 3.87. The Bertz CT molecular complexity index is 1090. The van der Waals surface area contributed by atoms with Gasteiger partial charge in [-0.25, -0.2) is 5.43 Å². The lowest BCUT2D eigenvalue weighted by molar-refractivity contribution is -0.137. The molecule has 4 nitrogen and oxygen atoms in total. The lowest BCUT2D eigenvalue weighted by Gasteiger charge is -2.09. The van der Waals surface area contributed by atoms with Crippen LogP contribution < -0.4 is 5.43 Å². The normalized spacial score (nSPS) is 11.8. The van der Waals surface area contributed by atoms with Crippen molar-refractivity contribution in [3.05, 3.63) is 87.7 Å². The average Bonchev–Trinajstić information content (AvgIpc) is 2.96. The Labute approximate surface area is 177 Å². The van der Waals surface area contributed by atoms with Crippen LogP contribution in [0.1, 0.15) is 28.1 Å². The van der Waals surface area contributed by atoms with E-state index < -0.39 is 17.6 Å². The third-order valence-electron chi connectivity index (χ3n) is 4.57. The smallest absolute Gasteiger partial charge is 0.318 e. The third-order valence-corrected chi connectivity index (χ3v) is 4.82. The van der Waals surface area contributed by atoms with Gasteiger partial charge in [-0.05, 0) is 55.8 Å². The molecule has 0 spiro atoms. The minimum atomic E-state index is -4.45. The Hall–Kier alpha value is -3.06. The van der Waals surface area contributed by atoms with E-state index in [4.69, 9.17) is 11.6 Å². The highest BCUT2D eigenvalue weighted by Gasteiger charge is 2.30. The van der Waals surface area contributed by atoms with Gasteiger partial charge >= 0.3 is 6.18 Å². The molecular formula is C22H19ClF3N3O. The van der Waals surface area contributed by atoms with Gasteiger partial charge in [0.15, 0.2) is 0 Å². The number of aryl methyl sites for hydroxylation is 1. The van der Waals surface area contributed by atoms with Crippen molar-refractivity contribution in [2.45, 2.75) is 26.4 Å². The summed E-state index contributed by atoms with van der Waals surface area (Å²) in [5.74, 6) is -0.503. The fraction of sp³-hybridized carbons (Fsp3) is 0.182. The molecule has 1 heterocycles. The second kappa shape index (κ2) is 8.75. The Morgan fingerprint density at radius 2 is 1.83 bits per heavy atom. The average molecular weight is 434 g/mol. The largest absolute Gasteiger partial charge is 0.416 e. The number of nitrogens with zero attached hydrogens (tertiary/aromatic N) is 2. The van der Waals surface area contributed by atoms with Gasteiger partial charge in [-0.3, -0.25) is 4.79 Å². The van der Waals surface area contributed by atoms with E-state index in [0.29, 0.717) is 5.02 Å². The summed E-state index contributed by atoms with van der Waals surface area (Å²) in [4.78, 5) is 12.1. The van der Waals surface area contributed by atoms with Gasteiger partial charge < -0.3 is 4.57 Å². The maximum Gasteiger partial charge on any atom is 0.416 e. The summed E-state index contributed by atoms with van der Waals surface area (Å²) in [7, 11) is 0. The van der Waals surface area contributed by atoms with Crippen LogP contribution in [0, 0.1) is 13.8 Å². The molecule has 1 amide bonds. The van der Waals surface area contributed by atoms with Crippen LogP contribution in [-0.4, -0.2) is 16.7 Å². The Balaban J connectivity index is 1.68.